The fraction of sp³-hybridized carbons (Fsp3) is 0.222. The molecule has 248 valence electrons. The number of sulfonamides is 1. The van der Waals surface area contributed by atoms with E-state index >= 15 is 0 Å². The summed E-state index contributed by atoms with van der Waals surface area (Å²) in [5.74, 6) is -1.82. The highest BCUT2D eigenvalue weighted by molar-refractivity contribution is 7.90. The summed E-state index contributed by atoms with van der Waals surface area (Å²) < 4.78 is 32.4. The maximum Gasteiger partial charge on any atom is 0.256 e. The number of amides is 3. The lowest BCUT2D eigenvalue weighted by Gasteiger charge is -2.29. The number of fused-ring (bicyclic) bond motifs is 1. The van der Waals surface area contributed by atoms with Crippen LogP contribution < -0.4 is 10.0 Å². The summed E-state index contributed by atoms with van der Waals surface area (Å²) in [5, 5.41) is 7.34. The first kappa shape index (κ1) is 33.9. The molecule has 0 aliphatic carbocycles. The van der Waals surface area contributed by atoms with Crippen molar-refractivity contribution < 1.29 is 27.3 Å². The van der Waals surface area contributed by atoms with E-state index in [-0.39, 0.29) is 18.7 Å². The molecule has 12 heteroatoms. The molecule has 0 saturated heterocycles. The molecule has 3 aromatic carbocycles. The topological polar surface area (TPSA) is 154 Å². The van der Waals surface area contributed by atoms with Crippen LogP contribution in [0.15, 0.2) is 102 Å². The summed E-state index contributed by atoms with van der Waals surface area (Å²) in [6.07, 6.45) is 4.52. The summed E-state index contributed by atoms with van der Waals surface area (Å²) >= 11 is 0. The number of carbonyl (C=O) groups excluding carboxylic acids is 3. The summed E-state index contributed by atoms with van der Waals surface area (Å²) in [4.78, 5) is 46.1. The molecule has 5 aromatic rings. The number of carbonyl (C=O) groups is 3. The second-order valence-electron chi connectivity index (χ2n) is 11.7. The van der Waals surface area contributed by atoms with Gasteiger partial charge in [0, 0.05) is 54.2 Å². The molecule has 0 fully saturated rings. The van der Waals surface area contributed by atoms with E-state index in [9.17, 15) is 22.8 Å². The second-order valence-corrected chi connectivity index (χ2v) is 13.5. The van der Waals surface area contributed by atoms with E-state index in [0.717, 1.165) is 33.2 Å². The summed E-state index contributed by atoms with van der Waals surface area (Å²) in [6, 6.07) is 19.6. The molecule has 0 spiro atoms. The molecular formula is C36H37N5O6S. The highest BCUT2D eigenvalue weighted by Crippen LogP contribution is 2.22. The number of rotatable bonds is 13. The maximum atomic E-state index is 14.2. The van der Waals surface area contributed by atoms with Crippen LogP contribution in [0.2, 0.25) is 0 Å². The fourth-order valence-corrected chi connectivity index (χ4v) is 6.50. The van der Waals surface area contributed by atoms with Crippen LogP contribution in [-0.4, -0.2) is 66.1 Å². The Balaban J connectivity index is 1.48. The molecule has 0 aliphatic rings. The molecule has 0 bridgehead atoms. The zero-order valence-corrected chi connectivity index (χ0v) is 27.7. The molecule has 5 rings (SSSR count). The van der Waals surface area contributed by atoms with E-state index in [4.69, 9.17) is 4.52 Å². The van der Waals surface area contributed by atoms with Gasteiger partial charge in [0.05, 0.1) is 11.9 Å². The quantitative estimate of drug-likeness (QED) is 0.157. The highest BCUT2D eigenvalue weighted by Gasteiger charge is 2.33. The van der Waals surface area contributed by atoms with Crippen LogP contribution >= 0.6 is 0 Å². The molecule has 2 aromatic heterocycles. The lowest BCUT2D eigenvalue weighted by molar-refractivity contribution is -0.130. The van der Waals surface area contributed by atoms with Crippen molar-refractivity contribution in [2.45, 2.75) is 38.8 Å². The third-order valence-corrected chi connectivity index (χ3v) is 9.18. The standard InChI is InChI=1S/C36H37N5O6S/c1-5-16-48(45,46)40-34(42)31(21-28-22-37-30-9-7-6-8-29(28)30)39-35(43)32(41(4)36(44)27-18-23(2)17-24(3)19-27)20-25-10-12-26(13-11-25)33-14-15-38-47-33/h5-15,17-19,22,31-32,37H,1,16,20-21H2,2-4H3,(H,39,43)(H,40,42)/t31-,32+/m0/s1. The Labute approximate surface area is 279 Å². The number of hydrogen-bond donors (Lipinski definition) is 3. The minimum atomic E-state index is -4.05. The van der Waals surface area contributed by atoms with Crippen LogP contribution in [0.4, 0.5) is 0 Å². The third kappa shape index (κ3) is 8.07. The largest absolute Gasteiger partial charge is 0.361 e. The number of para-hydroxylation sites is 1. The predicted molar refractivity (Wildman–Crippen MR) is 184 cm³/mol. The third-order valence-electron chi connectivity index (χ3n) is 7.99. The molecule has 2 atom stereocenters. The summed E-state index contributed by atoms with van der Waals surface area (Å²) in [6.45, 7) is 7.22. The molecule has 0 radical (unpaired) electrons. The van der Waals surface area contributed by atoms with E-state index in [1.165, 1.54) is 18.0 Å². The Morgan fingerprint density at radius 1 is 0.979 bits per heavy atom. The van der Waals surface area contributed by atoms with Crippen LogP contribution in [-0.2, 0) is 32.5 Å². The first-order valence-electron chi connectivity index (χ1n) is 15.3. The van der Waals surface area contributed by atoms with Gasteiger partial charge in [0.1, 0.15) is 12.1 Å². The van der Waals surface area contributed by atoms with Crippen molar-refractivity contribution in [3.63, 3.8) is 0 Å². The van der Waals surface area contributed by atoms with Crippen molar-refractivity contribution >= 4 is 38.6 Å². The zero-order valence-electron chi connectivity index (χ0n) is 26.9. The Morgan fingerprint density at radius 2 is 1.69 bits per heavy atom. The number of aryl methyl sites for hydroxylation is 2. The molecule has 11 nitrogen and oxygen atoms in total. The van der Waals surface area contributed by atoms with Gasteiger partial charge in [-0.3, -0.25) is 19.1 Å². The molecule has 2 heterocycles. The van der Waals surface area contributed by atoms with E-state index in [2.05, 4.69) is 26.8 Å². The molecule has 0 aliphatic heterocycles. The van der Waals surface area contributed by atoms with Gasteiger partial charge in [-0.15, -0.1) is 6.58 Å². The number of hydrogen-bond acceptors (Lipinski definition) is 7. The average Bonchev–Trinajstić information content (AvgIpc) is 3.73. The molecule has 48 heavy (non-hydrogen) atoms. The minimum Gasteiger partial charge on any atom is -0.361 e. The van der Waals surface area contributed by atoms with Gasteiger partial charge < -0.3 is 19.7 Å². The SMILES string of the molecule is C=CCS(=O)(=O)NC(=O)[C@H](Cc1c[nH]c2ccccc12)NC(=O)[C@@H](Cc1ccc(-c2ccno2)cc1)N(C)C(=O)c1cc(C)cc(C)c1. The first-order valence-corrected chi connectivity index (χ1v) is 17.0. The van der Waals surface area contributed by atoms with Crippen LogP contribution in [0.5, 0.6) is 0 Å². The van der Waals surface area contributed by atoms with E-state index in [1.807, 2.05) is 68.4 Å². The summed E-state index contributed by atoms with van der Waals surface area (Å²) in [5.41, 5.74) is 5.25. The zero-order chi connectivity index (χ0) is 34.4. The van der Waals surface area contributed by atoms with E-state index in [1.54, 1.807) is 30.6 Å². The molecule has 3 amide bonds. The van der Waals surface area contributed by atoms with Crippen molar-refractivity contribution in [1.29, 1.82) is 0 Å². The van der Waals surface area contributed by atoms with Gasteiger partial charge in [0.2, 0.25) is 15.9 Å². The Morgan fingerprint density at radius 3 is 2.35 bits per heavy atom. The van der Waals surface area contributed by atoms with E-state index < -0.39 is 39.7 Å². The Kier molecular flexibility index (Phi) is 10.2. The van der Waals surface area contributed by atoms with Gasteiger partial charge in [-0.2, -0.15) is 0 Å². The fourth-order valence-electron chi connectivity index (χ4n) is 5.66. The molecular weight excluding hydrogens is 630 g/mol. The average molecular weight is 668 g/mol. The molecule has 0 unspecified atom stereocenters. The smallest absolute Gasteiger partial charge is 0.256 e. The van der Waals surface area contributed by atoms with Crippen LogP contribution in [0.3, 0.4) is 0 Å². The number of likely N-dealkylation sites (N-methyl/N-ethyl adjacent to an activating group) is 1. The number of benzene rings is 3. The van der Waals surface area contributed by atoms with Gasteiger partial charge in [-0.1, -0.05) is 70.9 Å². The number of H-pyrrole nitrogens is 1. The molecule has 0 saturated carbocycles. The van der Waals surface area contributed by atoms with Gasteiger partial charge in [0.25, 0.3) is 11.8 Å². The van der Waals surface area contributed by atoms with Gasteiger partial charge in [0.15, 0.2) is 5.76 Å². The lowest BCUT2D eigenvalue weighted by atomic mass is 9.99. The number of aromatic amines is 1. The number of nitrogens with zero attached hydrogens (tertiary/aromatic N) is 2. The van der Waals surface area contributed by atoms with Crippen LogP contribution in [0, 0.1) is 13.8 Å². The molecule has 3 N–H and O–H groups in total. The van der Waals surface area contributed by atoms with Gasteiger partial charge in [-0.25, -0.2) is 8.42 Å². The van der Waals surface area contributed by atoms with Crippen molar-refractivity contribution in [2.24, 2.45) is 0 Å². The normalized spacial score (nSPS) is 12.6. The monoisotopic (exact) mass is 667 g/mol. The second kappa shape index (κ2) is 14.5. The van der Waals surface area contributed by atoms with Crippen molar-refractivity contribution in [3.05, 3.63) is 126 Å². The van der Waals surface area contributed by atoms with Gasteiger partial charge in [-0.05, 0) is 43.2 Å². The lowest BCUT2D eigenvalue weighted by Crippen LogP contribution is -2.56. The number of aromatic nitrogens is 2. The highest BCUT2D eigenvalue weighted by atomic mass is 32.2. The van der Waals surface area contributed by atoms with Crippen molar-refractivity contribution in [2.75, 3.05) is 12.8 Å². The van der Waals surface area contributed by atoms with E-state index in [0.29, 0.717) is 16.9 Å². The Bertz CT molecular complexity index is 2030. The Hall–Kier alpha value is -5.49. The predicted octanol–water partition coefficient (Wildman–Crippen LogP) is 4.48. The summed E-state index contributed by atoms with van der Waals surface area (Å²) in [7, 11) is -2.51. The maximum absolute atomic E-state index is 14.2. The first-order chi connectivity index (χ1) is 22.9. The minimum absolute atomic E-state index is 0.0153. The van der Waals surface area contributed by atoms with Crippen LogP contribution in [0.1, 0.15) is 32.6 Å². The van der Waals surface area contributed by atoms with Crippen molar-refractivity contribution in [1.82, 2.24) is 25.1 Å². The number of nitrogens with one attached hydrogen (secondary N) is 3. The van der Waals surface area contributed by atoms with Crippen molar-refractivity contribution in [3.8, 4) is 11.3 Å². The van der Waals surface area contributed by atoms with Crippen LogP contribution in [0.25, 0.3) is 22.2 Å². The van der Waals surface area contributed by atoms with Gasteiger partial charge >= 0.3 is 0 Å².